The highest BCUT2D eigenvalue weighted by Gasteiger charge is 2.19. The molecular formula is C13H18N4O2. The average molecular weight is 262 g/mol. The Labute approximate surface area is 112 Å². The summed E-state index contributed by atoms with van der Waals surface area (Å²) < 4.78 is 0. The zero-order valence-electron chi connectivity index (χ0n) is 11.0. The molecular weight excluding hydrogens is 244 g/mol. The molecule has 6 nitrogen and oxygen atoms in total. The number of carbonyl (C=O) groups excluding carboxylic acids is 2. The first-order valence-corrected chi connectivity index (χ1v) is 6.32. The topological polar surface area (TPSA) is 65.5 Å². The van der Waals surface area contributed by atoms with E-state index in [0.29, 0.717) is 5.69 Å². The predicted octanol–water partition coefficient (Wildman–Crippen LogP) is -0.415. The van der Waals surface area contributed by atoms with Crippen LogP contribution in [-0.2, 0) is 4.79 Å². The Balaban J connectivity index is 1.79. The lowest BCUT2D eigenvalue weighted by molar-refractivity contribution is -0.131. The van der Waals surface area contributed by atoms with Crippen LogP contribution in [0, 0.1) is 0 Å². The maximum Gasteiger partial charge on any atom is 0.270 e. The van der Waals surface area contributed by atoms with Crippen LogP contribution in [0.1, 0.15) is 10.5 Å². The normalized spacial score (nSPS) is 16.2. The first-order chi connectivity index (χ1) is 9.16. The molecule has 1 aromatic heterocycles. The molecule has 1 aliphatic rings. The third-order valence-electron chi connectivity index (χ3n) is 3.15. The lowest BCUT2D eigenvalue weighted by Crippen LogP contribution is -2.50. The molecule has 0 radical (unpaired) electrons. The Morgan fingerprint density at radius 1 is 1.26 bits per heavy atom. The number of amides is 2. The summed E-state index contributed by atoms with van der Waals surface area (Å²) in [4.78, 5) is 31.5. The number of carbonyl (C=O) groups is 2. The third-order valence-corrected chi connectivity index (χ3v) is 3.15. The molecule has 1 N–H and O–H groups in total. The Morgan fingerprint density at radius 2 is 2.00 bits per heavy atom. The second-order valence-corrected chi connectivity index (χ2v) is 4.58. The molecule has 0 aromatic carbocycles. The fourth-order valence-corrected chi connectivity index (χ4v) is 1.91. The number of piperazine rings is 1. The maximum absolute atomic E-state index is 11.9. The molecule has 0 spiro atoms. The van der Waals surface area contributed by atoms with Crippen molar-refractivity contribution >= 4 is 11.8 Å². The quantitative estimate of drug-likeness (QED) is 0.804. The smallest absolute Gasteiger partial charge is 0.270 e. The van der Waals surface area contributed by atoms with Crippen LogP contribution in [0.25, 0.3) is 0 Å². The molecule has 1 saturated heterocycles. The Morgan fingerprint density at radius 3 is 2.63 bits per heavy atom. The van der Waals surface area contributed by atoms with E-state index in [-0.39, 0.29) is 18.4 Å². The zero-order chi connectivity index (χ0) is 13.7. The Kier molecular flexibility index (Phi) is 4.46. The van der Waals surface area contributed by atoms with E-state index < -0.39 is 0 Å². The van der Waals surface area contributed by atoms with E-state index in [0.717, 1.165) is 26.2 Å². The molecule has 0 bridgehead atoms. The lowest BCUT2D eigenvalue weighted by Gasteiger charge is -2.32. The number of hydrogen-bond donors (Lipinski definition) is 1. The fourth-order valence-electron chi connectivity index (χ4n) is 1.91. The summed E-state index contributed by atoms with van der Waals surface area (Å²) in [5.74, 6) is -0.361. The van der Waals surface area contributed by atoms with Gasteiger partial charge in [-0.25, -0.2) is 0 Å². The molecule has 0 saturated carbocycles. The van der Waals surface area contributed by atoms with Crippen molar-refractivity contribution in [3.8, 4) is 0 Å². The summed E-state index contributed by atoms with van der Waals surface area (Å²) in [5.41, 5.74) is 0.327. The summed E-state index contributed by atoms with van der Waals surface area (Å²) in [6.45, 7) is 3.21. The van der Waals surface area contributed by atoms with Gasteiger partial charge >= 0.3 is 0 Å². The first kappa shape index (κ1) is 13.5. The van der Waals surface area contributed by atoms with E-state index in [9.17, 15) is 9.59 Å². The number of likely N-dealkylation sites (N-methyl/N-ethyl adjacent to an activating group) is 1. The molecule has 102 valence electrons. The molecule has 0 unspecified atom stereocenters. The molecule has 19 heavy (non-hydrogen) atoms. The van der Waals surface area contributed by atoms with E-state index in [1.807, 2.05) is 7.05 Å². The van der Waals surface area contributed by atoms with Gasteiger partial charge in [0.15, 0.2) is 0 Å². The fraction of sp³-hybridized carbons (Fsp3) is 0.462. The average Bonchev–Trinajstić information content (AvgIpc) is 2.46. The van der Waals surface area contributed by atoms with Gasteiger partial charge in [0.05, 0.1) is 6.54 Å². The van der Waals surface area contributed by atoms with Crippen LogP contribution < -0.4 is 5.32 Å². The highest BCUT2D eigenvalue weighted by Crippen LogP contribution is 1.99. The van der Waals surface area contributed by atoms with Crippen LogP contribution in [-0.4, -0.2) is 66.4 Å². The number of nitrogens with zero attached hydrogens (tertiary/aromatic N) is 3. The highest BCUT2D eigenvalue weighted by molar-refractivity contribution is 5.94. The van der Waals surface area contributed by atoms with Crippen molar-refractivity contribution in [1.29, 1.82) is 0 Å². The second-order valence-electron chi connectivity index (χ2n) is 4.58. The minimum Gasteiger partial charge on any atom is -0.342 e. The SMILES string of the molecule is CN1CCN(C(=O)CNC(=O)c2ccccn2)CC1. The number of pyridine rings is 1. The van der Waals surface area contributed by atoms with E-state index in [1.54, 1.807) is 29.3 Å². The summed E-state index contributed by atoms with van der Waals surface area (Å²) in [7, 11) is 2.03. The number of hydrogen-bond acceptors (Lipinski definition) is 4. The van der Waals surface area contributed by atoms with Gasteiger partial charge in [-0.05, 0) is 19.2 Å². The molecule has 2 amide bonds. The molecule has 1 aliphatic heterocycles. The van der Waals surface area contributed by atoms with Gasteiger partial charge in [-0.3, -0.25) is 14.6 Å². The van der Waals surface area contributed by atoms with Crippen LogP contribution in [0.4, 0.5) is 0 Å². The van der Waals surface area contributed by atoms with Crippen molar-refractivity contribution in [2.45, 2.75) is 0 Å². The largest absolute Gasteiger partial charge is 0.342 e. The molecule has 0 aliphatic carbocycles. The van der Waals surface area contributed by atoms with Gasteiger partial charge in [0.1, 0.15) is 5.69 Å². The third kappa shape index (κ3) is 3.75. The van der Waals surface area contributed by atoms with Crippen molar-refractivity contribution in [3.63, 3.8) is 0 Å². The summed E-state index contributed by atoms with van der Waals surface area (Å²) >= 11 is 0. The second kappa shape index (κ2) is 6.29. The molecule has 2 rings (SSSR count). The summed E-state index contributed by atoms with van der Waals surface area (Å²) in [6.07, 6.45) is 1.55. The number of nitrogens with one attached hydrogen (secondary N) is 1. The van der Waals surface area contributed by atoms with E-state index in [1.165, 1.54) is 0 Å². The standard InChI is InChI=1S/C13H18N4O2/c1-16-6-8-17(9-7-16)12(18)10-15-13(19)11-4-2-3-5-14-11/h2-5H,6-10H2,1H3,(H,15,19). The van der Waals surface area contributed by atoms with Crippen LogP contribution >= 0.6 is 0 Å². The van der Waals surface area contributed by atoms with Crippen LogP contribution in [0.5, 0.6) is 0 Å². The van der Waals surface area contributed by atoms with Crippen LogP contribution in [0.3, 0.4) is 0 Å². The molecule has 2 heterocycles. The van der Waals surface area contributed by atoms with Crippen molar-refractivity contribution < 1.29 is 9.59 Å². The molecule has 6 heteroatoms. The highest BCUT2D eigenvalue weighted by atomic mass is 16.2. The van der Waals surface area contributed by atoms with Crippen molar-refractivity contribution in [3.05, 3.63) is 30.1 Å². The molecule has 1 aromatic rings. The van der Waals surface area contributed by atoms with E-state index in [2.05, 4.69) is 15.2 Å². The van der Waals surface area contributed by atoms with Crippen molar-refractivity contribution in [1.82, 2.24) is 20.1 Å². The molecule has 0 atom stereocenters. The van der Waals surface area contributed by atoms with Crippen molar-refractivity contribution in [2.75, 3.05) is 39.8 Å². The van der Waals surface area contributed by atoms with Crippen LogP contribution in [0.15, 0.2) is 24.4 Å². The van der Waals surface area contributed by atoms with Crippen LogP contribution in [0.2, 0.25) is 0 Å². The number of rotatable bonds is 3. The van der Waals surface area contributed by atoms with Gasteiger partial charge in [-0.15, -0.1) is 0 Å². The number of aromatic nitrogens is 1. The zero-order valence-corrected chi connectivity index (χ0v) is 11.0. The van der Waals surface area contributed by atoms with Gasteiger partial charge in [0.2, 0.25) is 5.91 Å². The Hall–Kier alpha value is -1.95. The van der Waals surface area contributed by atoms with Gasteiger partial charge in [0.25, 0.3) is 5.91 Å². The van der Waals surface area contributed by atoms with Gasteiger partial charge in [-0.2, -0.15) is 0 Å². The summed E-state index contributed by atoms with van der Waals surface area (Å²) in [6, 6.07) is 5.10. The van der Waals surface area contributed by atoms with E-state index >= 15 is 0 Å². The first-order valence-electron chi connectivity index (χ1n) is 6.32. The maximum atomic E-state index is 11.9. The Bertz CT molecular complexity index is 441. The van der Waals surface area contributed by atoms with Crippen molar-refractivity contribution in [2.24, 2.45) is 0 Å². The predicted molar refractivity (Wildman–Crippen MR) is 70.6 cm³/mol. The van der Waals surface area contributed by atoms with E-state index in [4.69, 9.17) is 0 Å². The molecule has 1 fully saturated rings. The van der Waals surface area contributed by atoms with Gasteiger partial charge in [-0.1, -0.05) is 6.07 Å². The summed E-state index contributed by atoms with van der Waals surface area (Å²) in [5, 5.41) is 2.60. The van der Waals surface area contributed by atoms with Gasteiger partial charge < -0.3 is 15.1 Å². The lowest BCUT2D eigenvalue weighted by atomic mass is 10.3. The monoisotopic (exact) mass is 262 g/mol. The minimum atomic E-state index is -0.317. The van der Waals surface area contributed by atoms with Gasteiger partial charge in [0, 0.05) is 32.4 Å². The minimum absolute atomic E-state index is 0.0269.